The van der Waals surface area contributed by atoms with Gasteiger partial charge in [-0.1, -0.05) is 0 Å². The summed E-state index contributed by atoms with van der Waals surface area (Å²) >= 11 is 0. The van der Waals surface area contributed by atoms with Crippen molar-refractivity contribution in [2.75, 3.05) is 13.7 Å². The molecule has 1 aliphatic rings. The maximum absolute atomic E-state index is 12.1. The van der Waals surface area contributed by atoms with Crippen LogP contribution in [0.3, 0.4) is 0 Å². The van der Waals surface area contributed by atoms with Gasteiger partial charge >= 0.3 is 5.97 Å². The largest absolute Gasteiger partial charge is 0.468 e. The summed E-state index contributed by atoms with van der Waals surface area (Å²) in [5.41, 5.74) is 0.552. The number of methoxy groups -OCH3 is 1. The molecule has 0 spiro atoms. The molecule has 0 unspecified atom stereocenters. The predicted molar refractivity (Wildman–Crippen MR) is 73.1 cm³/mol. The monoisotopic (exact) mass is 288 g/mol. The molecule has 1 aromatic heterocycles. The van der Waals surface area contributed by atoms with Gasteiger partial charge in [0.2, 0.25) is 0 Å². The summed E-state index contributed by atoms with van der Waals surface area (Å²) in [5.74, 6) is 0.675. The molecule has 1 aliphatic carbocycles. The van der Waals surface area contributed by atoms with E-state index in [0.717, 1.165) is 11.5 Å². The van der Waals surface area contributed by atoms with Crippen molar-refractivity contribution in [2.24, 2.45) is 0 Å². The van der Waals surface area contributed by atoms with Crippen molar-refractivity contribution in [3.63, 3.8) is 0 Å². The number of esters is 1. The highest BCUT2D eigenvalue weighted by Crippen LogP contribution is 2.34. The molecule has 0 aromatic carbocycles. The number of furan rings is 1. The second-order valence-electron chi connectivity index (χ2n) is 4.87. The van der Waals surface area contributed by atoms with E-state index in [4.69, 9.17) is 9.68 Å². The quantitative estimate of drug-likeness (QED) is 0.845. The molecule has 1 aromatic rings. The number of hydrogen-bond acceptors (Lipinski definition) is 6. The zero-order valence-corrected chi connectivity index (χ0v) is 11.9. The van der Waals surface area contributed by atoms with E-state index in [-0.39, 0.29) is 30.2 Å². The third-order valence-corrected chi connectivity index (χ3v) is 3.41. The van der Waals surface area contributed by atoms with Gasteiger partial charge in [0, 0.05) is 18.0 Å². The van der Waals surface area contributed by atoms with Crippen LogP contribution in [0.1, 0.15) is 30.3 Å². The number of carbonyl (C=O) groups excluding carboxylic acids is 2. The van der Waals surface area contributed by atoms with Crippen molar-refractivity contribution < 1.29 is 18.7 Å². The summed E-state index contributed by atoms with van der Waals surface area (Å²) in [6.45, 7) is 1.76. The van der Waals surface area contributed by atoms with Crippen molar-refractivity contribution in [1.82, 2.24) is 5.32 Å². The Morgan fingerprint density at radius 2 is 2.29 bits per heavy atom. The Morgan fingerprint density at radius 3 is 2.86 bits per heavy atom. The van der Waals surface area contributed by atoms with Gasteiger partial charge in [-0.25, -0.2) is 0 Å². The zero-order chi connectivity index (χ0) is 15.4. The van der Waals surface area contributed by atoms with Crippen LogP contribution in [0.15, 0.2) is 27.8 Å². The van der Waals surface area contributed by atoms with Gasteiger partial charge in [0.25, 0.3) is 0 Å². The number of carbonyl (C=O) groups is 2. The van der Waals surface area contributed by atoms with Crippen molar-refractivity contribution >= 4 is 11.8 Å². The molecule has 0 aliphatic heterocycles. The van der Waals surface area contributed by atoms with E-state index in [9.17, 15) is 9.59 Å². The molecule has 0 radical (unpaired) electrons. The highest BCUT2D eigenvalue weighted by Gasteiger charge is 2.30. The van der Waals surface area contributed by atoms with Gasteiger partial charge in [-0.05, 0) is 25.5 Å². The molecule has 0 bridgehead atoms. The van der Waals surface area contributed by atoms with E-state index >= 15 is 0 Å². The van der Waals surface area contributed by atoms with Gasteiger partial charge in [0.05, 0.1) is 7.11 Å². The predicted octanol–water partition coefficient (Wildman–Crippen LogP) is 1.57. The molecule has 0 saturated carbocycles. The fourth-order valence-electron chi connectivity index (χ4n) is 2.33. The first kappa shape index (κ1) is 14.9. The lowest BCUT2D eigenvalue weighted by atomic mass is 9.85. The van der Waals surface area contributed by atoms with Gasteiger partial charge in [-0.3, -0.25) is 9.59 Å². The molecule has 1 heterocycles. The first-order valence-corrected chi connectivity index (χ1v) is 6.58. The number of hydrogen-bond donors (Lipinski definition) is 1. The van der Waals surface area contributed by atoms with Crippen LogP contribution in [0, 0.1) is 18.3 Å². The minimum atomic E-state index is -0.455. The van der Waals surface area contributed by atoms with E-state index in [1.165, 1.54) is 7.11 Å². The minimum absolute atomic E-state index is 0.0752. The number of nitrogens with one attached hydrogen (secondary N) is 1. The minimum Gasteiger partial charge on any atom is -0.468 e. The Labute approximate surface area is 122 Å². The van der Waals surface area contributed by atoms with Crippen LogP contribution in [0.2, 0.25) is 0 Å². The molecular weight excluding hydrogens is 272 g/mol. The summed E-state index contributed by atoms with van der Waals surface area (Å²) in [6, 6.07) is 5.58. The normalized spacial score (nSPS) is 18.3. The number of nitrogens with zero attached hydrogens (tertiary/aromatic N) is 1. The van der Waals surface area contributed by atoms with Crippen LogP contribution in [0.25, 0.3) is 0 Å². The third kappa shape index (κ3) is 3.31. The van der Waals surface area contributed by atoms with E-state index in [0.29, 0.717) is 12.1 Å². The molecule has 0 amide bonds. The second kappa shape index (κ2) is 6.27. The molecule has 6 heteroatoms. The summed E-state index contributed by atoms with van der Waals surface area (Å²) in [5, 5.41) is 11.9. The van der Waals surface area contributed by atoms with Crippen LogP contribution >= 0.6 is 0 Å². The Hall–Kier alpha value is -2.55. The van der Waals surface area contributed by atoms with Crippen molar-refractivity contribution in [1.29, 1.82) is 5.26 Å². The standard InChI is InChI=1S/C15H16N2O4/c1-9-3-4-14(21-9)10-5-12(17-8-15(19)20-2)11(7-16)13(18)6-10/h3-4,10,17H,5-6,8H2,1-2H3/t10-/m0/s1. The van der Waals surface area contributed by atoms with Gasteiger partial charge in [0.1, 0.15) is 29.7 Å². The average Bonchev–Trinajstić information content (AvgIpc) is 2.90. The molecule has 0 fully saturated rings. The molecule has 21 heavy (non-hydrogen) atoms. The van der Waals surface area contributed by atoms with Crippen LogP contribution in [0.4, 0.5) is 0 Å². The number of ether oxygens (including phenoxy) is 1. The van der Waals surface area contributed by atoms with E-state index in [2.05, 4.69) is 10.1 Å². The lowest BCUT2D eigenvalue weighted by Gasteiger charge is -2.23. The fraction of sp³-hybridized carbons (Fsp3) is 0.400. The van der Waals surface area contributed by atoms with Gasteiger partial charge in [-0.2, -0.15) is 5.26 Å². The Morgan fingerprint density at radius 1 is 1.52 bits per heavy atom. The summed E-state index contributed by atoms with van der Waals surface area (Å²) in [6.07, 6.45) is 0.692. The number of allylic oxidation sites excluding steroid dienone is 2. The highest BCUT2D eigenvalue weighted by atomic mass is 16.5. The smallest absolute Gasteiger partial charge is 0.325 e. The maximum atomic E-state index is 12.1. The Balaban J connectivity index is 2.20. The highest BCUT2D eigenvalue weighted by molar-refractivity contribution is 6.01. The lowest BCUT2D eigenvalue weighted by molar-refractivity contribution is -0.139. The van der Waals surface area contributed by atoms with Gasteiger partial charge in [0.15, 0.2) is 5.78 Å². The van der Waals surface area contributed by atoms with Crippen LogP contribution < -0.4 is 5.32 Å². The zero-order valence-electron chi connectivity index (χ0n) is 11.9. The number of aryl methyl sites for hydroxylation is 1. The van der Waals surface area contributed by atoms with Crippen LogP contribution in [-0.2, 0) is 14.3 Å². The molecule has 110 valence electrons. The van der Waals surface area contributed by atoms with Crippen molar-refractivity contribution in [2.45, 2.75) is 25.7 Å². The second-order valence-corrected chi connectivity index (χ2v) is 4.87. The van der Waals surface area contributed by atoms with E-state index < -0.39 is 5.97 Å². The fourth-order valence-corrected chi connectivity index (χ4v) is 2.33. The SMILES string of the molecule is COC(=O)CNC1=C(C#N)C(=O)C[C@@H](c2ccc(C)o2)C1. The number of rotatable bonds is 4. The van der Waals surface area contributed by atoms with E-state index in [1.807, 2.05) is 25.1 Å². The topological polar surface area (TPSA) is 92.3 Å². The Kier molecular flexibility index (Phi) is 4.43. The molecule has 0 saturated heterocycles. The number of ketones is 1. The molecule has 2 rings (SSSR count). The summed E-state index contributed by atoms with van der Waals surface area (Å²) in [4.78, 5) is 23.3. The van der Waals surface area contributed by atoms with Gasteiger partial charge < -0.3 is 14.5 Å². The molecule has 1 atom stereocenters. The summed E-state index contributed by atoms with van der Waals surface area (Å²) < 4.78 is 10.1. The number of Topliss-reactive ketones (excluding diaryl/α,β-unsaturated/α-hetero) is 1. The Bertz CT molecular complexity index is 636. The first-order chi connectivity index (χ1) is 10.0. The molecule has 6 nitrogen and oxygen atoms in total. The third-order valence-electron chi connectivity index (χ3n) is 3.41. The lowest BCUT2D eigenvalue weighted by Crippen LogP contribution is -2.29. The van der Waals surface area contributed by atoms with Gasteiger partial charge in [-0.15, -0.1) is 0 Å². The molecule has 1 N–H and O–H groups in total. The van der Waals surface area contributed by atoms with Crippen LogP contribution in [0.5, 0.6) is 0 Å². The summed E-state index contributed by atoms with van der Waals surface area (Å²) in [7, 11) is 1.28. The van der Waals surface area contributed by atoms with E-state index in [1.54, 1.807) is 0 Å². The van der Waals surface area contributed by atoms with Crippen molar-refractivity contribution in [3.05, 3.63) is 34.9 Å². The maximum Gasteiger partial charge on any atom is 0.325 e. The molecular formula is C15H16N2O4. The van der Waals surface area contributed by atoms with Crippen molar-refractivity contribution in [3.8, 4) is 6.07 Å². The average molecular weight is 288 g/mol. The van der Waals surface area contributed by atoms with Crippen LogP contribution in [-0.4, -0.2) is 25.4 Å². The first-order valence-electron chi connectivity index (χ1n) is 6.58. The number of nitriles is 1.